The second kappa shape index (κ2) is 12.1. The average Bonchev–Trinajstić information content (AvgIpc) is 3.38. The summed E-state index contributed by atoms with van der Waals surface area (Å²) in [4.78, 5) is 49.8. The number of aryl methyl sites for hydroxylation is 1. The predicted octanol–water partition coefficient (Wildman–Crippen LogP) is 5.12. The van der Waals surface area contributed by atoms with Gasteiger partial charge in [-0.25, -0.2) is 0 Å². The van der Waals surface area contributed by atoms with E-state index in [2.05, 4.69) is 0 Å². The Labute approximate surface area is 279 Å². The first-order chi connectivity index (χ1) is 22.8. The Morgan fingerprint density at radius 3 is 2.21 bits per heavy atom. The molecule has 4 aliphatic rings. The zero-order valence-electron chi connectivity index (χ0n) is 26.5. The lowest BCUT2D eigenvalue weighted by atomic mass is 9.73. The molecule has 7 rings (SSSR count). The maximum absolute atomic E-state index is 15.1. The Balaban J connectivity index is 1.40. The van der Waals surface area contributed by atoms with Crippen molar-refractivity contribution < 1.29 is 24.2 Å². The van der Waals surface area contributed by atoms with Crippen LogP contribution in [0.4, 0.5) is 11.4 Å². The Bertz CT molecular complexity index is 1740. The number of carbonyl (C=O) groups excluding carboxylic acids is 3. The Morgan fingerprint density at radius 2 is 1.53 bits per heavy atom. The van der Waals surface area contributed by atoms with Gasteiger partial charge >= 0.3 is 0 Å². The van der Waals surface area contributed by atoms with E-state index in [0.717, 1.165) is 16.8 Å². The van der Waals surface area contributed by atoms with Crippen molar-refractivity contribution in [3.8, 4) is 0 Å². The zero-order chi connectivity index (χ0) is 32.9. The summed E-state index contributed by atoms with van der Waals surface area (Å²) in [7, 11) is 0. The molecule has 47 heavy (non-hydrogen) atoms. The predicted molar refractivity (Wildman–Crippen MR) is 181 cm³/mol. The summed E-state index contributed by atoms with van der Waals surface area (Å²) in [5.74, 6) is -2.89. The smallest absolute Gasteiger partial charge is 0.253 e. The lowest BCUT2D eigenvalue weighted by Crippen LogP contribution is -2.59. The second-order valence-electron chi connectivity index (χ2n) is 12.8. The molecule has 8 nitrogen and oxygen atoms in total. The monoisotopic (exact) mass is 651 g/mol. The summed E-state index contributed by atoms with van der Waals surface area (Å²) in [6.45, 7) is 3.99. The van der Waals surface area contributed by atoms with Crippen molar-refractivity contribution in [2.75, 3.05) is 29.5 Å². The van der Waals surface area contributed by atoms with E-state index in [9.17, 15) is 9.90 Å². The van der Waals surface area contributed by atoms with Gasteiger partial charge in [0.15, 0.2) is 0 Å². The van der Waals surface area contributed by atoms with E-state index in [1.807, 2.05) is 111 Å². The highest BCUT2D eigenvalue weighted by atomic mass is 35.5. The van der Waals surface area contributed by atoms with Crippen LogP contribution in [0.3, 0.4) is 0 Å². The molecule has 0 bridgehead atoms. The van der Waals surface area contributed by atoms with Crippen LogP contribution in [0.2, 0.25) is 5.02 Å². The highest BCUT2D eigenvalue weighted by molar-refractivity contribution is 6.34. The van der Waals surface area contributed by atoms with Crippen LogP contribution in [0.5, 0.6) is 0 Å². The molecule has 1 N–H and O–H groups in total. The molecule has 0 radical (unpaired) electrons. The van der Waals surface area contributed by atoms with E-state index in [1.54, 1.807) is 15.9 Å². The summed E-state index contributed by atoms with van der Waals surface area (Å²) in [5, 5.41) is 11.3. The van der Waals surface area contributed by atoms with Gasteiger partial charge in [-0.2, -0.15) is 0 Å². The van der Waals surface area contributed by atoms with Gasteiger partial charge in [-0.15, -0.1) is 0 Å². The Kier molecular flexibility index (Phi) is 8.07. The maximum atomic E-state index is 15.1. The number of hydrogen-bond donors (Lipinski definition) is 1. The molecule has 0 saturated carbocycles. The Hall–Kier alpha value is -4.24. The van der Waals surface area contributed by atoms with Crippen molar-refractivity contribution in [3.63, 3.8) is 0 Å². The lowest BCUT2D eigenvalue weighted by molar-refractivity contribution is -0.149. The van der Waals surface area contributed by atoms with Crippen molar-refractivity contribution in [2.45, 2.75) is 50.0 Å². The third-order valence-corrected chi connectivity index (χ3v) is 10.6. The minimum Gasteiger partial charge on any atom is -0.394 e. The summed E-state index contributed by atoms with van der Waals surface area (Å²) < 4.78 is 7.15. The van der Waals surface area contributed by atoms with Gasteiger partial charge in [0.2, 0.25) is 11.8 Å². The first kappa shape index (κ1) is 31.4. The van der Waals surface area contributed by atoms with Crippen molar-refractivity contribution in [2.24, 2.45) is 11.8 Å². The molecular weight excluding hydrogens is 614 g/mol. The van der Waals surface area contributed by atoms with Gasteiger partial charge < -0.3 is 24.5 Å². The second-order valence-corrected chi connectivity index (χ2v) is 13.2. The molecule has 9 heteroatoms. The van der Waals surface area contributed by atoms with E-state index < -0.39 is 35.1 Å². The molecule has 2 fully saturated rings. The van der Waals surface area contributed by atoms with Gasteiger partial charge in [-0.05, 0) is 49.1 Å². The highest BCUT2D eigenvalue weighted by Crippen LogP contribution is 2.59. The van der Waals surface area contributed by atoms with Crippen molar-refractivity contribution in [3.05, 3.63) is 119 Å². The van der Waals surface area contributed by atoms with Crippen LogP contribution in [0.1, 0.15) is 24.5 Å². The normalized spacial score (nSPS) is 29.0. The third-order valence-electron chi connectivity index (χ3n) is 10.3. The first-order valence-corrected chi connectivity index (χ1v) is 16.6. The minimum atomic E-state index is -1.47. The average molecular weight is 652 g/mol. The Morgan fingerprint density at radius 1 is 0.851 bits per heavy atom. The van der Waals surface area contributed by atoms with Crippen LogP contribution >= 0.6 is 11.6 Å². The fourth-order valence-electron chi connectivity index (χ4n) is 8.24. The van der Waals surface area contributed by atoms with E-state index in [-0.39, 0.29) is 30.9 Å². The van der Waals surface area contributed by atoms with E-state index in [0.29, 0.717) is 30.1 Å². The highest BCUT2D eigenvalue weighted by Gasteiger charge is 2.76. The lowest BCUT2D eigenvalue weighted by Gasteiger charge is -2.41. The van der Waals surface area contributed by atoms with Crippen molar-refractivity contribution >= 4 is 40.7 Å². The van der Waals surface area contributed by atoms with Crippen molar-refractivity contribution in [1.29, 1.82) is 0 Å². The van der Waals surface area contributed by atoms with E-state index in [4.69, 9.17) is 16.3 Å². The number of likely N-dealkylation sites (tertiary alicyclic amines) is 1. The zero-order valence-corrected chi connectivity index (χ0v) is 27.2. The third kappa shape index (κ3) is 4.84. The summed E-state index contributed by atoms with van der Waals surface area (Å²) >= 11 is 6.72. The minimum absolute atomic E-state index is 0.200. The molecule has 1 spiro atoms. The number of anilines is 2. The molecule has 3 amide bonds. The van der Waals surface area contributed by atoms with E-state index >= 15 is 9.59 Å². The van der Waals surface area contributed by atoms with Crippen LogP contribution < -0.4 is 9.80 Å². The molecule has 0 aliphatic carbocycles. The molecular formula is C38H38ClN3O5. The molecule has 3 aromatic rings. The van der Waals surface area contributed by atoms with Gasteiger partial charge in [-0.3, -0.25) is 14.4 Å². The van der Waals surface area contributed by atoms with Gasteiger partial charge in [-0.1, -0.05) is 103 Å². The van der Waals surface area contributed by atoms with Crippen LogP contribution in [0.25, 0.3) is 0 Å². The van der Waals surface area contributed by atoms with Gasteiger partial charge in [0, 0.05) is 18.8 Å². The number of para-hydroxylation sites is 2. The van der Waals surface area contributed by atoms with Gasteiger partial charge in [0.25, 0.3) is 5.91 Å². The van der Waals surface area contributed by atoms with Gasteiger partial charge in [0.05, 0.1) is 40.8 Å². The number of hydrogen-bond acceptors (Lipinski definition) is 5. The number of halogens is 1. The number of benzene rings is 3. The summed E-state index contributed by atoms with van der Waals surface area (Å²) in [6.07, 6.45) is 8.28. The number of nitrogens with zero attached hydrogens (tertiary/aromatic N) is 3. The van der Waals surface area contributed by atoms with Crippen LogP contribution in [0.15, 0.2) is 103 Å². The molecule has 4 heterocycles. The first-order valence-electron chi connectivity index (χ1n) is 16.2. The number of aliphatic hydroxyl groups excluding tert-OH is 1. The topological polar surface area (TPSA) is 90.4 Å². The number of aliphatic hydroxyl groups is 1. The van der Waals surface area contributed by atoms with Crippen LogP contribution in [-0.2, 0) is 25.5 Å². The summed E-state index contributed by atoms with van der Waals surface area (Å²) in [5.41, 5.74) is 0.406. The quantitative estimate of drug-likeness (QED) is 0.359. The molecule has 3 aromatic carbocycles. The fourth-order valence-corrected chi connectivity index (χ4v) is 8.56. The van der Waals surface area contributed by atoms with E-state index in [1.165, 1.54) is 4.90 Å². The SMILES string of the molecule is CC[C@]12C=CCN(c3ccccc3)C(=O)[C@H]1[C@H]1C(=O)N([C@@H](CO)Cc3ccccc3)C3C(=O)N(c4c(C)cccc4Cl)CC=C[C@@]31O2. The molecule has 242 valence electrons. The van der Waals surface area contributed by atoms with Crippen LogP contribution in [-0.4, -0.2) is 70.7 Å². The largest absolute Gasteiger partial charge is 0.394 e. The molecule has 0 aromatic heterocycles. The number of rotatable bonds is 7. The number of carbonyl (C=O) groups is 3. The number of fused-ring (bicyclic) bond motifs is 2. The molecule has 4 aliphatic heterocycles. The molecule has 1 unspecified atom stereocenters. The summed E-state index contributed by atoms with van der Waals surface area (Å²) in [6, 6.07) is 22.5. The standard InChI is InChI=1S/C38H38ClN3O5/c1-3-37-19-11-21-40(27-16-8-5-9-17-27)34(44)30(37)31-35(45)42(28(24-43)23-26-14-6-4-7-15-26)33-36(46)41(22-12-20-38(31,33)47-37)32-25(2)13-10-18-29(32)39/h4-20,28,30-31,33,43H,3,21-24H2,1-2H3/t28-,30-,31+,33?,37+,38+/m1/s1. The van der Waals surface area contributed by atoms with Gasteiger partial charge in [0.1, 0.15) is 11.6 Å². The van der Waals surface area contributed by atoms with Crippen LogP contribution in [0, 0.1) is 18.8 Å². The van der Waals surface area contributed by atoms with Crippen molar-refractivity contribution in [1.82, 2.24) is 4.90 Å². The maximum Gasteiger partial charge on any atom is 0.253 e. The fraction of sp³-hybridized carbons (Fsp3) is 0.342. The molecule has 2 saturated heterocycles. The molecule has 6 atom stereocenters. The number of ether oxygens (including phenoxy) is 1. The number of amides is 3.